The van der Waals surface area contributed by atoms with Gasteiger partial charge in [0.2, 0.25) is 11.8 Å². The van der Waals surface area contributed by atoms with Gasteiger partial charge in [-0.15, -0.1) is 0 Å². The zero-order chi connectivity index (χ0) is 58.9. The fourth-order valence-electron chi connectivity index (χ4n) is 9.32. The van der Waals surface area contributed by atoms with Crippen molar-refractivity contribution >= 4 is 11.8 Å². The molecule has 0 bridgehead atoms. The summed E-state index contributed by atoms with van der Waals surface area (Å²) in [6.07, 6.45) is 65.8. The van der Waals surface area contributed by atoms with Crippen molar-refractivity contribution in [3.63, 3.8) is 0 Å². The van der Waals surface area contributed by atoms with E-state index in [0.717, 1.165) is 96.3 Å². The van der Waals surface area contributed by atoms with Crippen molar-refractivity contribution in [3.8, 4) is 0 Å². The van der Waals surface area contributed by atoms with Gasteiger partial charge in [-0.3, -0.25) is 19.4 Å². The van der Waals surface area contributed by atoms with Gasteiger partial charge in [0.25, 0.3) is 0 Å². The second kappa shape index (κ2) is 50.3. The molecule has 0 aliphatic carbocycles. The van der Waals surface area contributed by atoms with Gasteiger partial charge >= 0.3 is 0 Å². The van der Waals surface area contributed by atoms with E-state index < -0.39 is 36.5 Å². The zero-order valence-electron chi connectivity index (χ0n) is 51.5. The summed E-state index contributed by atoms with van der Waals surface area (Å²) < 4.78 is 0. The molecule has 1 saturated heterocycles. The summed E-state index contributed by atoms with van der Waals surface area (Å²) in [5.41, 5.74) is 0. The Hall–Kier alpha value is -4.42. The van der Waals surface area contributed by atoms with Gasteiger partial charge in [-0.2, -0.15) is 0 Å². The smallest absolute Gasteiger partial charge is 0.243 e. The van der Waals surface area contributed by atoms with Gasteiger partial charge in [0, 0.05) is 38.0 Å². The molecule has 0 radical (unpaired) electrons. The van der Waals surface area contributed by atoms with Gasteiger partial charge in [0.05, 0.1) is 24.4 Å². The number of nitrogens with zero attached hydrogens (tertiary/aromatic N) is 2. The highest BCUT2D eigenvalue weighted by Gasteiger charge is 2.33. The van der Waals surface area contributed by atoms with Crippen LogP contribution in [0.2, 0.25) is 0 Å². The first-order valence-electron chi connectivity index (χ1n) is 31.4. The van der Waals surface area contributed by atoms with Gasteiger partial charge < -0.3 is 31.1 Å². The van der Waals surface area contributed by atoms with Gasteiger partial charge in [-0.25, -0.2) is 0 Å². The summed E-state index contributed by atoms with van der Waals surface area (Å²) >= 11 is 0. The highest BCUT2D eigenvalue weighted by Crippen LogP contribution is 2.18. The minimum atomic E-state index is -0.616. The number of hydrogen-bond acceptors (Lipinski definition) is 8. The van der Waals surface area contributed by atoms with Gasteiger partial charge in [0.15, 0.2) is 0 Å². The lowest BCUT2D eigenvalue weighted by Gasteiger charge is -2.32. The number of carbonyl (C=O) groups is 2. The molecule has 0 aromatic heterocycles. The molecular weight excluding hydrogens is 993 g/mol. The number of hydrogen-bond donors (Lipinski definition) is 6. The molecule has 1 rings (SSSR count). The van der Waals surface area contributed by atoms with E-state index in [2.05, 4.69) is 208 Å². The summed E-state index contributed by atoms with van der Waals surface area (Å²) in [5, 5.41) is 51.4. The molecule has 1 aliphatic rings. The van der Waals surface area contributed by atoms with E-state index >= 15 is 0 Å². The van der Waals surface area contributed by atoms with Crippen molar-refractivity contribution < 1.29 is 30.0 Å². The normalized spacial score (nSPS) is 19.3. The first-order valence-corrected chi connectivity index (χ1v) is 31.4. The van der Waals surface area contributed by atoms with E-state index in [4.69, 9.17) is 0 Å². The second-order valence-electron chi connectivity index (χ2n) is 22.2. The number of carbonyl (C=O) groups excluding carboxylic acids is 2. The predicted molar refractivity (Wildman–Crippen MR) is 342 cm³/mol. The van der Waals surface area contributed by atoms with Crippen LogP contribution in [0.1, 0.15) is 184 Å². The zero-order valence-corrected chi connectivity index (χ0v) is 51.5. The third kappa shape index (κ3) is 39.9. The highest BCUT2D eigenvalue weighted by molar-refractivity contribution is 5.96. The maximum atomic E-state index is 13.4. The fraction of sp³-hybridized carbons (Fsp3) is 0.629. The van der Waals surface area contributed by atoms with E-state index in [0.29, 0.717) is 71.4 Å². The molecule has 452 valence electrons. The number of unbranched alkanes of at least 4 members (excludes halogenated alkanes) is 2. The quantitative estimate of drug-likeness (QED) is 0.0261. The third-order valence-electron chi connectivity index (χ3n) is 14.5. The standard InChI is InChI=1S/C70H116N4O6/c1-9-13-17-21-25-29-33-37-41-49-62(8)68(78)58-74(57-67(77)61(7)48-40-36-32-28-24-20-16-12-4)53-45-43-51-65-70(80)71-64(69(79)72-65)50-42-44-52-73(56-66(76)60(6)47-39-35-31-27-23-19-15-11-3)55-63(75)54-59(5)46-38-34-30-26-22-18-14-10-2/h13-20,25-32,37-41,46-48,59-68,75-78H,9-12,21-24,33-36,42-45,49-58H2,1-8H3,(H,71,80)(H,72,79)/b17-13-,18-14-,19-15-,20-16-,29-25-,30-26-,31-27-,32-28-,41-37-,46-38-,47-39-,48-40-. The van der Waals surface area contributed by atoms with Crippen molar-refractivity contribution in [1.82, 2.24) is 20.4 Å². The highest BCUT2D eigenvalue weighted by atomic mass is 16.3. The summed E-state index contributed by atoms with van der Waals surface area (Å²) in [5.74, 6) is -0.236. The number of rotatable bonds is 48. The molecule has 6 N–H and O–H groups in total. The molecular formula is C70H116N4O6. The Morgan fingerprint density at radius 1 is 0.412 bits per heavy atom. The maximum Gasteiger partial charge on any atom is 0.243 e. The van der Waals surface area contributed by atoms with Crippen LogP contribution in [0.25, 0.3) is 0 Å². The van der Waals surface area contributed by atoms with Gasteiger partial charge in [-0.05, 0) is 153 Å². The minimum Gasteiger partial charge on any atom is -0.392 e. The summed E-state index contributed by atoms with van der Waals surface area (Å²) in [6.45, 7) is 19.8. The van der Waals surface area contributed by atoms with Crippen LogP contribution in [0.5, 0.6) is 0 Å². The van der Waals surface area contributed by atoms with Crippen LogP contribution in [-0.2, 0) is 9.59 Å². The van der Waals surface area contributed by atoms with E-state index in [1.165, 1.54) is 0 Å². The number of aliphatic hydroxyl groups is 4. The van der Waals surface area contributed by atoms with Crippen LogP contribution in [0.15, 0.2) is 146 Å². The molecule has 0 aromatic carbocycles. The number of piperazine rings is 1. The molecule has 1 aliphatic heterocycles. The second-order valence-corrected chi connectivity index (χ2v) is 22.2. The molecule has 0 saturated carbocycles. The third-order valence-corrected chi connectivity index (χ3v) is 14.5. The fourth-order valence-corrected chi connectivity index (χ4v) is 9.32. The Balaban J connectivity index is 2.89. The molecule has 1 heterocycles. The molecule has 10 atom stereocenters. The lowest BCUT2D eigenvalue weighted by Crippen LogP contribution is -2.61. The Bertz CT molecular complexity index is 1920. The lowest BCUT2D eigenvalue weighted by atomic mass is 9.98. The van der Waals surface area contributed by atoms with E-state index in [-0.39, 0.29) is 35.5 Å². The van der Waals surface area contributed by atoms with Crippen LogP contribution >= 0.6 is 0 Å². The largest absolute Gasteiger partial charge is 0.392 e. The number of amides is 2. The summed E-state index contributed by atoms with van der Waals surface area (Å²) in [4.78, 5) is 31.2. The molecule has 10 heteroatoms. The van der Waals surface area contributed by atoms with E-state index in [1.807, 2.05) is 13.8 Å². The Labute approximate surface area is 489 Å². The molecule has 1 fully saturated rings. The number of nitrogens with one attached hydrogen (secondary N) is 2. The molecule has 0 aromatic rings. The average molecular weight is 1110 g/mol. The monoisotopic (exact) mass is 1110 g/mol. The first-order chi connectivity index (χ1) is 38.8. The predicted octanol–water partition coefficient (Wildman–Crippen LogP) is 14.1. The Morgan fingerprint density at radius 2 is 0.738 bits per heavy atom. The van der Waals surface area contributed by atoms with Gasteiger partial charge in [-0.1, -0.05) is 201 Å². The van der Waals surface area contributed by atoms with E-state index in [9.17, 15) is 30.0 Å². The van der Waals surface area contributed by atoms with Crippen molar-refractivity contribution in [2.45, 2.75) is 220 Å². The van der Waals surface area contributed by atoms with Crippen LogP contribution < -0.4 is 10.6 Å². The first kappa shape index (κ1) is 73.6. The lowest BCUT2D eigenvalue weighted by molar-refractivity contribution is -0.137. The van der Waals surface area contributed by atoms with Crippen molar-refractivity contribution in [2.24, 2.45) is 23.7 Å². The maximum absolute atomic E-state index is 13.4. The van der Waals surface area contributed by atoms with Crippen molar-refractivity contribution in [3.05, 3.63) is 146 Å². The van der Waals surface area contributed by atoms with Crippen LogP contribution in [0, 0.1) is 23.7 Å². The Kier molecular flexibility index (Phi) is 46.3. The van der Waals surface area contributed by atoms with Crippen LogP contribution in [0.4, 0.5) is 0 Å². The molecule has 0 spiro atoms. The minimum absolute atomic E-state index is 0.0350. The molecule has 10 nitrogen and oxygen atoms in total. The van der Waals surface area contributed by atoms with Crippen molar-refractivity contribution in [2.75, 3.05) is 39.3 Å². The topological polar surface area (TPSA) is 146 Å². The van der Waals surface area contributed by atoms with Crippen molar-refractivity contribution in [1.29, 1.82) is 0 Å². The van der Waals surface area contributed by atoms with Crippen LogP contribution in [0.3, 0.4) is 0 Å². The number of aliphatic hydroxyl groups excluding tert-OH is 4. The summed E-state index contributed by atoms with van der Waals surface area (Å²) in [6, 6.07) is -1.23. The molecule has 10 unspecified atom stereocenters. The molecule has 2 amide bonds. The molecule has 80 heavy (non-hydrogen) atoms. The summed E-state index contributed by atoms with van der Waals surface area (Å²) in [7, 11) is 0. The number of allylic oxidation sites excluding steroid dienone is 22. The Morgan fingerprint density at radius 3 is 1.12 bits per heavy atom. The average Bonchev–Trinajstić information content (AvgIpc) is 3.43. The SMILES string of the molecule is CC/C=C\C/C=C\C/C=C\CC(C)C(O)CN(CCCCC1NC(=O)C(CCCCN(CC(O)CC(C)/C=C\C/C=C\C/C=C\CC)CC(O)C(C)/C=C\C/C=C\C/C=C\CC)NC1=O)CC(O)C(C)/C=C\C/C=C\C/C=C\CC. The van der Waals surface area contributed by atoms with Crippen LogP contribution in [-0.4, -0.2) is 118 Å². The van der Waals surface area contributed by atoms with Gasteiger partial charge in [0.1, 0.15) is 12.1 Å². The van der Waals surface area contributed by atoms with E-state index in [1.54, 1.807) is 0 Å².